The molecule has 4 aliphatic rings. The van der Waals surface area contributed by atoms with E-state index in [4.69, 9.17) is 39.5 Å². The van der Waals surface area contributed by atoms with Crippen molar-refractivity contribution in [2.24, 2.45) is 23.7 Å². The quantitative estimate of drug-likeness (QED) is 0.176. The average Bonchev–Trinajstić information content (AvgIpc) is 3.39. The summed E-state index contributed by atoms with van der Waals surface area (Å²) in [5.74, 6) is -6.62. The number of aromatic hydroxyl groups is 1. The number of carbonyl (C=O) groups is 4. The molecule has 3 aromatic carbocycles. The lowest BCUT2D eigenvalue weighted by atomic mass is 9.49. The zero-order chi connectivity index (χ0) is 32.7. The second kappa shape index (κ2) is 11.0. The molecule has 46 heavy (non-hydrogen) atoms. The number of phenols is 1. The molecule has 10 nitrogen and oxygen atoms in total. The van der Waals surface area contributed by atoms with Gasteiger partial charge in [-0.3, -0.25) is 29.8 Å². The second-order valence-electron chi connectivity index (χ2n) is 11.9. The fraction of sp³-hybridized carbons (Fsp3) is 0.273. The normalized spacial score (nSPS) is 28.5. The second-order valence-corrected chi connectivity index (χ2v) is 13.2. The minimum absolute atomic E-state index is 0.0230. The average molecular weight is 683 g/mol. The third kappa shape index (κ3) is 4.27. The molecule has 13 heteroatoms. The summed E-state index contributed by atoms with van der Waals surface area (Å²) in [6.07, 6.45) is 1.99. The van der Waals surface area contributed by atoms with Crippen LogP contribution in [0.2, 0.25) is 15.1 Å². The maximum atomic E-state index is 15.1. The van der Waals surface area contributed by atoms with E-state index in [1.807, 2.05) is 6.08 Å². The lowest BCUT2D eigenvalue weighted by Crippen LogP contribution is -2.53. The Balaban J connectivity index is 1.48. The Labute approximate surface area is 278 Å². The molecule has 2 heterocycles. The summed E-state index contributed by atoms with van der Waals surface area (Å²) in [5, 5.41) is 22.4. The molecule has 236 valence electrons. The summed E-state index contributed by atoms with van der Waals surface area (Å²) in [6, 6.07) is 15.8. The van der Waals surface area contributed by atoms with Gasteiger partial charge in [0.2, 0.25) is 0 Å². The SMILES string of the molecule is COc1ccc(C23C(=O)N(Nc4ccc(Cl)cc4Cl)C(=O)C2CC2C(=CCC4C(=O)N(O)C(=O)C42)C3c2ccc(O)cc2Cl)cc1. The van der Waals surface area contributed by atoms with Gasteiger partial charge in [-0.15, -0.1) is 0 Å². The summed E-state index contributed by atoms with van der Waals surface area (Å²) in [6.45, 7) is 0. The van der Waals surface area contributed by atoms with Crippen molar-refractivity contribution in [3.8, 4) is 11.5 Å². The highest BCUT2D eigenvalue weighted by Crippen LogP contribution is 2.64. The van der Waals surface area contributed by atoms with E-state index in [1.54, 1.807) is 42.5 Å². The Morgan fingerprint density at radius 2 is 1.63 bits per heavy atom. The molecule has 0 bridgehead atoms. The van der Waals surface area contributed by atoms with Gasteiger partial charge in [-0.1, -0.05) is 64.7 Å². The van der Waals surface area contributed by atoms with Crippen molar-refractivity contribution in [3.05, 3.63) is 98.5 Å². The third-order valence-electron chi connectivity index (χ3n) is 9.85. The van der Waals surface area contributed by atoms with Crippen LogP contribution in [0.5, 0.6) is 11.5 Å². The van der Waals surface area contributed by atoms with Gasteiger partial charge in [0.1, 0.15) is 11.5 Å². The van der Waals surface area contributed by atoms with Crippen LogP contribution < -0.4 is 10.2 Å². The number of methoxy groups -OCH3 is 1. The predicted molar refractivity (Wildman–Crippen MR) is 167 cm³/mol. The summed E-state index contributed by atoms with van der Waals surface area (Å²) in [5.41, 5.74) is 3.16. The molecule has 3 aromatic rings. The third-order valence-corrected chi connectivity index (χ3v) is 10.7. The molecule has 6 unspecified atom stereocenters. The van der Waals surface area contributed by atoms with Crippen molar-refractivity contribution in [2.75, 3.05) is 12.5 Å². The van der Waals surface area contributed by atoms with Crippen LogP contribution in [-0.4, -0.2) is 51.1 Å². The molecule has 2 aliphatic heterocycles. The fourth-order valence-corrected chi connectivity index (χ4v) is 8.66. The standard InChI is InChI=1S/C33H26Cl3N3O7/c1-46-18-6-2-15(3-7-18)33-23(30(42)38(32(33)44)37-26-11-4-16(34)12-25(26)36)14-22-19(28(33)20-8-5-17(40)13-24(20)35)9-10-21-27(22)31(43)39(45)29(21)41/h2-9,11-13,21-23,27-28,37,40,45H,10,14H2,1H3. The first-order chi connectivity index (χ1) is 22.0. The molecule has 7 rings (SSSR count). The van der Waals surface area contributed by atoms with Crippen molar-refractivity contribution < 1.29 is 34.2 Å². The number of carbonyl (C=O) groups excluding carboxylic acids is 4. The Morgan fingerprint density at radius 3 is 2.30 bits per heavy atom. The topological polar surface area (TPSA) is 136 Å². The minimum atomic E-state index is -1.60. The number of hydroxylamine groups is 2. The number of hydrogen-bond donors (Lipinski definition) is 3. The molecule has 2 aliphatic carbocycles. The van der Waals surface area contributed by atoms with E-state index < -0.39 is 58.6 Å². The first-order valence-electron chi connectivity index (χ1n) is 14.5. The maximum absolute atomic E-state index is 15.1. The number of ether oxygens (including phenoxy) is 1. The molecule has 0 spiro atoms. The lowest BCUT2D eigenvalue weighted by Gasteiger charge is -2.50. The molecule has 3 fully saturated rings. The molecule has 4 amide bonds. The highest BCUT2D eigenvalue weighted by Gasteiger charge is 2.70. The molecule has 0 radical (unpaired) electrons. The number of amides is 4. The van der Waals surface area contributed by atoms with E-state index in [0.717, 1.165) is 5.01 Å². The highest BCUT2D eigenvalue weighted by molar-refractivity contribution is 6.36. The van der Waals surface area contributed by atoms with Crippen LogP contribution >= 0.6 is 34.8 Å². The summed E-state index contributed by atoms with van der Waals surface area (Å²) < 4.78 is 5.39. The summed E-state index contributed by atoms with van der Waals surface area (Å²) in [7, 11) is 1.51. The number of phenolic OH excluding ortho intramolecular Hbond substituents is 1. The first-order valence-corrected chi connectivity index (χ1v) is 15.6. The largest absolute Gasteiger partial charge is 0.508 e. The Kier molecular flexibility index (Phi) is 7.32. The van der Waals surface area contributed by atoms with E-state index >= 15 is 4.79 Å². The summed E-state index contributed by atoms with van der Waals surface area (Å²) in [4.78, 5) is 55.9. The fourth-order valence-electron chi connectivity index (χ4n) is 7.92. The van der Waals surface area contributed by atoms with E-state index in [2.05, 4.69) is 5.43 Å². The van der Waals surface area contributed by atoms with Crippen LogP contribution in [0, 0.1) is 23.7 Å². The highest BCUT2D eigenvalue weighted by atomic mass is 35.5. The zero-order valence-corrected chi connectivity index (χ0v) is 26.4. The van der Waals surface area contributed by atoms with Gasteiger partial charge in [-0.25, -0.2) is 0 Å². The van der Waals surface area contributed by atoms with Crippen molar-refractivity contribution in [2.45, 2.75) is 24.2 Å². The molecule has 3 N–H and O–H groups in total. The number of fused-ring (bicyclic) bond motifs is 4. The van der Waals surface area contributed by atoms with Crippen molar-refractivity contribution in [1.82, 2.24) is 10.1 Å². The molecule has 2 saturated heterocycles. The van der Waals surface area contributed by atoms with E-state index in [0.29, 0.717) is 27.5 Å². The van der Waals surface area contributed by atoms with Crippen LogP contribution in [0.1, 0.15) is 29.9 Å². The lowest BCUT2D eigenvalue weighted by molar-refractivity contribution is -0.173. The van der Waals surface area contributed by atoms with Gasteiger partial charge < -0.3 is 9.84 Å². The van der Waals surface area contributed by atoms with Crippen LogP contribution in [0.4, 0.5) is 5.69 Å². The van der Waals surface area contributed by atoms with Crippen molar-refractivity contribution >= 4 is 64.1 Å². The maximum Gasteiger partial charge on any atom is 0.260 e. The van der Waals surface area contributed by atoms with Gasteiger partial charge in [-0.2, -0.15) is 10.1 Å². The number of hydrazine groups is 1. The molecular weight excluding hydrogens is 657 g/mol. The van der Waals surface area contributed by atoms with E-state index in [9.17, 15) is 24.7 Å². The number of nitrogens with one attached hydrogen (secondary N) is 1. The number of halogens is 3. The minimum Gasteiger partial charge on any atom is -0.508 e. The van der Waals surface area contributed by atoms with Crippen LogP contribution in [-0.2, 0) is 24.6 Å². The monoisotopic (exact) mass is 681 g/mol. The molecule has 1 saturated carbocycles. The van der Waals surface area contributed by atoms with Gasteiger partial charge in [0, 0.05) is 16.0 Å². The molecule has 0 aromatic heterocycles. The van der Waals surface area contributed by atoms with Crippen molar-refractivity contribution in [3.63, 3.8) is 0 Å². The Hall–Kier alpha value is -4.09. The predicted octanol–water partition coefficient (Wildman–Crippen LogP) is 5.74. The van der Waals surface area contributed by atoms with Crippen LogP contribution in [0.25, 0.3) is 0 Å². The van der Waals surface area contributed by atoms with Crippen LogP contribution in [0.15, 0.2) is 72.3 Å². The van der Waals surface area contributed by atoms with Gasteiger partial charge in [0.05, 0.1) is 41.0 Å². The smallest absolute Gasteiger partial charge is 0.260 e. The molecular formula is C33H26Cl3N3O7. The van der Waals surface area contributed by atoms with E-state index in [1.165, 1.54) is 25.3 Å². The zero-order valence-electron chi connectivity index (χ0n) is 24.1. The van der Waals surface area contributed by atoms with E-state index in [-0.39, 0.29) is 39.4 Å². The number of hydrogen-bond acceptors (Lipinski definition) is 8. The van der Waals surface area contributed by atoms with Crippen LogP contribution in [0.3, 0.4) is 0 Å². The van der Waals surface area contributed by atoms with Crippen molar-refractivity contribution in [1.29, 1.82) is 0 Å². The Morgan fingerprint density at radius 1 is 0.891 bits per heavy atom. The number of nitrogens with zero attached hydrogens (tertiary/aromatic N) is 2. The number of benzene rings is 3. The molecule has 6 atom stereocenters. The number of allylic oxidation sites excluding steroid dienone is 2. The van der Waals surface area contributed by atoms with Gasteiger partial charge in [0.15, 0.2) is 0 Å². The van der Waals surface area contributed by atoms with Gasteiger partial charge in [-0.05, 0) is 72.4 Å². The Bertz CT molecular complexity index is 1870. The number of imide groups is 2. The van der Waals surface area contributed by atoms with Gasteiger partial charge in [0.25, 0.3) is 23.6 Å². The summed E-state index contributed by atoms with van der Waals surface area (Å²) >= 11 is 19.4. The first kappa shape index (κ1) is 30.6. The van der Waals surface area contributed by atoms with Gasteiger partial charge >= 0.3 is 0 Å². The number of anilines is 1. The number of rotatable bonds is 5.